The summed E-state index contributed by atoms with van der Waals surface area (Å²) in [6.45, 7) is 8.94. The van der Waals surface area contributed by atoms with Gasteiger partial charge in [0.25, 0.3) is 11.8 Å². The quantitative estimate of drug-likeness (QED) is 0.668. The Morgan fingerprint density at radius 3 is 2.29 bits per heavy atom. The number of carbonyl (C=O) groups excluding carboxylic acids is 2. The highest BCUT2D eigenvalue weighted by Gasteiger charge is 2.43. The lowest BCUT2D eigenvalue weighted by atomic mass is 10.0. The Kier molecular flexibility index (Phi) is 6.09. The van der Waals surface area contributed by atoms with Crippen LogP contribution in [0.1, 0.15) is 25.0 Å². The molecule has 2 aliphatic heterocycles. The van der Waals surface area contributed by atoms with E-state index in [0.717, 1.165) is 11.3 Å². The van der Waals surface area contributed by atoms with Crippen LogP contribution >= 0.6 is 0 Å². The largest absolute Gasteiger partial charge is 0.493 e. The molecule has 0 unspecified atom stereocenters. The van der Waals surface area contributed by atoms with Gasteiger partial charge in [-0.15, -0.1) is 0 Å². The maximum absolute atomic E-state index is 13.6. The first-order valence-electron chi connectivity index (χ1n) is 10.7. The van der Waals surface area contributed by atoms with Crippen LogP contribution in [0.3, 0.4) is 0 Å². The summed E-state index contributed by atoms with van der Waals surface area (Å²) in [5.74, 6) is 0.596. The predicted octanol–water partition coefficient (Wildman–Crippen LogP) is 3.65. The monoisotopic (exact) mass is 420 g/mol. The van der Waals surface area contributed by atoms with Crippen molar-refractivity contribution in [2.45, 2.75) is 20.8 Å². The molecule has 2 aromatic carbocycles. The van der Waals surface area contributed by atoms with Crippen molar-refractivity contribution in [3.63, 3.8) is 0 Å². The Labute approximate surface area is 183 Å². The second kappa shape index (κ2) is 8.94. The lowest BCUT2D eigenvalue weighted by Gasteiger charge is -2.29. The van der Waals surface area contributed by atoms with E-state index >= 15 is 0 Å². The summed E-state index contributed by atoms with van der Waals surface area (Å²) in [6.07, 6.45) is 0. The van der Waals surface area contributed by atoms with Gasteiger partial charge in [0.15, 0.2) is 0 Å². The Morgan fingerprint density at radius 2 is 1.65 bits per heavy atom. The Morgan fingerprint density at radius 1 is 0.968 bits per heavy atom. The van der Waals surface area contributed by atoms with Gasteiger partial charge in [-0.3, -0.25) is 9.59 Å². The molecule has 0 N–H and O–H groups in total. The van der Waals surface area contributed by atoms with E-state index in [4.69, 9.17) is 9.47 Å². The van der Waals surface area contributed by atoms with E-state index in [9.17, 15) is 9.59 Å². The van der Waals surface area contributed by atoms with Crippen LogP contribution in [0.15, 0.2) is 54.2 Å². The molecule has 2 aromatic rings. The van der Waals surface area contributed by atoms with E-state index in [2.05, 4.69) is 13.8 Å². The van der Waals surface area contributed by atoms with Gasteiger partial charge in [0.2, 0.25) is 0 Å². The van der Waals surface area contributed by atoms with Crippen molar-refractivity contribution in [2.75, 3.05) is 37.8 Å². The Hall–Kier alpha value is -3.12. The van der Waals surface area contributed by atoms with Crippen LogP contribution in [0, 0.1) is 12.8 Å². The number of amides is 2. The van der Waals surface area contributed by atoms with Crippen LogP contribution in [0.5, 0.6) is 5.75 Å². The smallest absolute Gasteiger partial charge is 0.282 e. The molecule has 1 saturated heterocycles. The van der Waals surface area contributed by atoms with Gasteiger partial charge in [-0.2, -0.15) is 0 Å². The third-order valence-electron chi connectivity index (χ3n) is 5.47. The van der Waals surface area contributed by atoms with E-state index in [1.165, 1.54) is 4.90 Å². The molecule has 0 aliphatic carbocycles. The third kappa shape index (κ3) is 4.21. The molecule has 0 radical (unpaired) electrons. The molecule has 0 spiro atoms. The molecule has 0 atom stereocenters. The Bertz CT molecular complexity index is 1000. The summed E-state index contributed by atoms with van der Waals surface area (Å²) in [5, 5.41) is 0. The standard InChI is InChI=1S/C25H28N2O4/c1-17(2)16-31-20-10-8-19(9-11-20)22-23(26-12-14-30-15-13-26)25(29)27(24(22)28)21-7-5-4-6-18(21)3/h4-11,17H,12-16H2,1-3H3. The first-order chi connectivity index (χ1) is 15.0. The number of hydrogen-bond acceptors (Lipinski definition) is 5. The lowest BCUT2D eigenvalue weighted by molar-refractivity contribution is -0.121. The molecular weight excluding hydrogens is 392 g/mol. The molecule has 31 heavy (non-hydrogen) atoms. The van der Waals surface area contributed by atoms with E-state index in [1.54, 1.807) is 0 Å². The summed E-state index contributed by atoms with van der Waals surface area (Å²) < 4.78 is 11.2. The SMILES string of the molecule is Cc1ccccc1N1C(=O)C(c2ccc(OCC(C)C)cc2)=C(N2CCOCC2)C1=O. The molecule has 0 saturated carbocycles. The minimum Gasteiger partial charge on any atom is -0.493 e. The number of imide groups is 1. The molecule has 2 heterocycles. The summed E-state index contributed by atoms with van der Waals surface area (Å²) in [4.78, 5) is 30.4. The van der Waals surface area contributed by atoms with Gasteiger partial charge in [0.1, 0.15) is 11.4 Å². The molecule has 2 amide bonds. The zero-order valence-corrected chi connectivity index (χ0v) is 18.3. The van der Waals surface area contributed by atoms with Crippen LogP contribution in [-0.4, -0.2) is 49.6 Å². The fourth-order valence-corrected chi connectivity index (χ4v) is 3.87. The van der Waals surface area contributed by atoms with Gasteiger partial charge >= 0.3 is 0 Å². The van der Waals surface area contributed by atoms with Crippen molar-refractivity contribution < 1.29 is 19.1 Å². The van der Waals surface area contributed by atoms with Crippen LogP contribution < -0.4 is 9.64 Å². The minimum absolute atomic E-state index is 0.281. The molecule has 6 nitrogen and oxygen atoms in total. The number of nitrogens with zero attached hydrogens (tertiary/aromatic N) is 2. The normalized spacial score (nSPS) is 17.2. The van der Waals surface area contributed by atoms with Gasteiger partial charge in [0.05, 0.1) is 31.1 Å². The van der Waals surface area contributed by atoms with E-state index in [0.29, 0.717) is 61.3 Å². The molecule has 4 rings (SSSR count). The van der Waals surface area contributed by atoms with Gasteiger partial charge < -0.3 is 14.4 Å². The lowest BCUT2D eigenvalue weighted by Crippen LogP contribution is -2.40. The first kappa shape index (κ1) is 21.1. The zero-order valence-electron chi connectivity index (χ0n) is 18.3. The van der Waals surface area contributed by atoms with Crippen LogP contribution in [0.2, 0.25) is 0 Å². The number of morpholine rings is 1. The topological polar surface area (TPSA) is 59.1 Å². The van der Waals surface area contributed by atoms with Crippen molar-refractivity contribution in [2.24, 2.45) is 5.92 Å². The van der Waals surface area contributed by atoms with E-state index in [1.807, 2.05) is 60.4 Å². The van der Waals surface area contributed by atoms with Gasteiger partial charge in [-0.05, 0) is 42.2 Å². The van der Waals surface area contributed by atoms with Crippen molar-refractivity contribution in [3.05, 3.63) is 65.4 Å². The molecule has 1 fully saturated rings. The van der Waals surface area contributed by atoms with Crippen molar-refractivity contribution in [1.29, 1.82) is 0 Å². The number of anilines is 1. The highest BCUT2D eigenvalue weighted by atomic mass is 16.5. The van der Waals surface area contributed by atoms with Crippen molar-refractivity contribution in [1.82, 2.24) is 4.90 Å². The first-order valence-corrected chi connectivity index (χ1v) is 10.7. The fraction of sp³-hybridized carbons (Fsp3) is 0.360. The number of benzene rings is 2. The van der Waals surface area contributed by atoms with Gasteiger partial charge in [-0.1, -0.05) is 44.2 Å². The molecule has 0 aromatic heterocycles. The van der Waals surface area contributed by atoms with Crippen molar-refractivity contribution in [3.8, 4) is 5.75 Å². The fourth-order valence-electron chi connectivity index (χ4n) is 3.87. The number of para-hydroxylation sites is 1. The van der Waals surface area contributed by atoms with Crippen LogP contribution in [0.4, 0.5) is 5.69 Å². The number of rotatable bonds is 6. The van der Waals surface area contributed by atoms with Gasteiger partial charge in [0, 0.05) is 13.1 Å². The molecule has 162 valence electrons. The van der Waals surface area contributed by atoms with Crippen LogP contribution in [0.25, 0.3) is 5.57 Å². The average molecular weight is 421 g/mol. The highest BCUT2D eigenvalue weighted by molar-refractivity contribution is 6.45. The maximum Gasteiger partial charge on any atom is 0.282 e. The Balaban J connectivity index is 1.73. The second-order valence-electron chi connectivity index (χ2n) is 8.28. The zero-order chi connectivity index (χ0) is 22.0. The minimum atomic E-state index is -0.295. The van der Waals surface area contributed by atoms with E-state index < -0.39 is 0 Å². The molecule has 6 heteroatoms. The summed E-state index contributed by atoms with van der Waals surface area (Å²) >= 11 is 0. The summed E-state index contributed by atoms with van der Waals surface area (Å²) in [5.41, 5.74) is 3.10. The average Bonchev–Trinajstić information content (AvgIpc) is 3.03. The van der Waals surface area contributed by atoms with Crippen molar-refractivity contribution >= 4 is 23.1 Å². The number of aryl methyl sites for hydroxylation is 1. The third-order valence-corrected chi connectivity index (χ3v) is 5.47. The summed E-state index contributed by atoms with van der Waals surface area (Å²) in [6, 6.07) is 14.9. The highest BCUT2D eigenvalue weighted by Crippen LogP contribution is 2.36. The molecule has 2 aliphatic rings. The van der Waals surface area contributed by atoms with E-state index in [-0.39, 0.29) is 11.8 Å². The van der Waals surface area contributed by atoms with Gasteiger partial charge in [-0.25, -0.2) is 4.90 Å². The predicted molar refractivity (Wildman–Crippen MR) is 120 cm³/mol. The van der Waals surface area contributed by atoms with Crippen LogP contribution in [-0.2, 0) is 14.3 Å². The maximum atomic E-state index is 13.6. The second-order valence-corrected chi connectivity index (χ2v) is 8.28. The molecular formula is C25H28N2O4. The number of carbonyl (C=O) groups is 2. The number of hydrogen-bond donors (Lipinski definition) is 0. The number of ether oxygens (including phenoxy) is 2. The molecule has 0 bridgehead atoms. The summed E-state index contributed by atoms with van der Waals surface area (Å²) in [7, 11) is 0.